The van der Waals surface area contributed by atoms with E-state index in [4.69, 9.17) is 4.74 Å². The minimum atomic E-state index is -0.154. The summed E-state index contributed by atoms with van der Waals surface area (Å²) in [6.45, 7) is 9.61. The highest BCUT2D eigenvalue weighted by atomic mass is 28.1. The van der Waals surface area contributed by atoms with Crippen LogP contribution < -0.4 is 0 Å². The molecule has 2 atom stereocenters. The molecule has 0 amide bonds. The summed E-state index contributed by atoms with van der Waals surface area (Å²) in [5.74, 6) is 0.668. The molecule has 0 radical (unpaired) electrons. The lowest BCUT2D eigenvalue weighted by atomic mass is 9.80. The smallest absolute Gasteiger partial charge is 0.308 e. The molecule has 0 bridgehead atoms. The lowest BCUT2D eigenvalue weighted by molar-refractivity contribution is -0.150. The van der Waals surface area contributed by atoms with E-state index in [0.29, 0.717) is 12.5 Å². The Hall–Kier alpha value is -0.313. The second-order valence-corrected chi connectivity index (χ2v) is 10.2. The molecule has 0 spiro atoms. The number of ether oxygens (including phenoxy) is 1. The molecule has 0 aromatic heterocycles. The maximum absolute atomic E-state index is 13.0. The highest BCUT2D eigenvalue weighted by molar-refractivity contribution is 6.27. The molecule has 0 aliphatic rings. The SMILES string of the molecule is CCCCCCCOC(=O)C([SiH3])(CCC)C(CCC)CCCCCCC. The molecule has 0 aliphatic carbocycles. The molecule has 2 unspecified atom stereocenters. The molecule has 0 aromatic carbocycles. The minimum Gasteiger partial charge on any atom is -0.466 e. The van der Waals surface area contributed by atoms with Gasteiger partial charge in [0.1, 0.15) is 0 Å². The van der Waals surface area contributed by atoms with Gasteiger partial charge in [0.15, 0.2) is 0 Å². The normalized spacial score (nSPS) is 14.9. The third-order valence-electron chi connectivity index (χ3n) is 5.91. The average Bonchev–Trinajstić information content (AvgIpc) is 2.63. The summed E-state index contributed by atoms with van der Waals surface area (Å²) in [7, 11) is 0.925. The molecule has 2 nitrogen and oxygen atoms in total. The van der Waals surface area contributed by atoms with Gasteiger partial charge in [-0.1, -0.05) is 98.3 Å². The van der Waals surface area contributed by atoms with Gasteiger partial charge in [0.25, 0.3) is 0 Å². The summed E-state index contributed by atoms with van der Waals surface area (Å²) < 4.78 is 5.81. The largest absolute Gasteiger partial charge is 0.466 e. The van der Waals surface area contributed by atoms with Crippen LogP contribution in [0.1, 0.15) is 124 Å². The van der Waals surface area contributed by atoms with Gasteiger partial charge in [-0.3, -0.25) is 4.79 Å². The van der Waals surface area contributed by atoms with Crippen molar-refractivity contribution in [2.24, 2.45) is 5.92 Å². The topological polar surface area (TPSA) is 26.3 Å². The summed E-state index contributed by atoms with van der Waals surface area (Å²) in [6.07, 6.45) is 18.3. The molecule has 0 aliphatic heterocycles. The van der Waals surface area contributed by atoms with Crippen molar-refractivity contribution in [1.29, 1.82) is 0 Å². The molecule has 0 saturated carbocycles. The van der Waals surface area contributed by atoms with E-state index in [1.165, 1.54) is 77.0 Å². The fourth-order valence-corrected chi connectivity index (χ4v) is 5.37. The van der Waals surface area contributed by atoms with Crippen molar-refractivity contribution < 1.29 is 9.53 Å². The lowest BCUT2D eigenvalue weighted by Gasteiger charge is -2.36. The van der Waals surface area contributed by atoms with Gasteiger partial charge in [-0.05, 0) is 31.6 Å². The van der Waals surface area contributed by atoms with E-state index >= 15 is 0 Å². The Morgan fingerprint density at radius 3 is 1.88 bits per heavy atom. The van der Waals surface area contributed by atoms with Crippen LogP contribution in [0.3, 0.4) is 0 Å². The lowest BCUT2D eigenvalue weighted by Crippen LogP contribution is -2.34. The summed E-state index contributed by atoms with van der Waals surface area (Å²) in [5, 5.41) is -0.154. The number of unbranched alkanes of at least 4 members (excludes halogenated alkanes) is 8. The van der Waals surface area contributed by atoms with Crippen LogP contribution in [0.5, 0.6) is 0 Å². The first-order valence-corrected chi connectivity index (χ1v) is 12.7. The number of hydrogen-bond acceptors (Lipinski definition) is 2. The predicted molar refractivity (Wildman–Crippen MR) is 119 cm³/mol. The number of esters is 1. The van der Waals surface area contributed by atoms with Crippen LogP contribution in [-0.4, -0.2) is 22.8 Å². The fraction of sp³-hybridized carbons (Fsp3) is 0.957. The number of carbonyl (C=O) groups excluding carboxylic acids is 1. The molecule has 3 heteroatoms. The summed E-state index contributed by atoms with van der Waals surface area (Å²) in [4.78, 5) is 13.0. The average molecular weight is 385 g/mol. The Morgan fingerprint density at radius 1 is 0.769 bits per heavy atom. The van der Waals surface area contributed by atoms with Gasteiger partial charge >= 0.3 is 5.97 Å². The first kappa shape index (κ1) is 25.7. The molecule has 26 heavy (non-hydrogen) atoms. The van der Waals surface area contributed by atoms with Gasteiger partial charge in [-0.25, -0.2) is 0 Å². The zero-order valence-electron chi connectivity index (χ0n) is 18.7. The Labute approximate surface area is 167 Å². The Morgan fingerprint density at radius 2 is 1.35 bits per heavy atom. The molecular weight excluding hydrogens is 336 g/mol. The van der Waals surface area contributed by atoms with Crippen LogP contribution in [0.2, 0.25) is 5.04 Å². The number of carbonyl (C=O) groups is 1. The van der Waals surface area contributed by atoms with E-state index in [9.17, 15) is 4.79 Å². The molecule has 0 saturated heterocycles. The highest BCUT2D eigenvalue weighted by Gasteiger charge is 2.40. The second kappa shape index (κ2) is 16.8. The maximum atomic E-state index is 13.0. The van der Waals surface area contributed by atoms with Crippen molar-refractivity contribution in [1.82, 2.24) is 0 Å². The standard InChI is InChI=1S/C23H48O2Si/c1-5-9-11-13-15-18-21(17-7-3)23(26,19-8-4)22(24)25-20-16-14-12-10-6-2/h21H,5-20H2,1-4,26H3. The molecule has 0 heterocycles. The van der Waals surface area contributed by atoms with Crippen LogP contribution >= 0.6 is 0 Å². The van der Waals surface area contributed by atoms with Gasteiger partial charge < -0.3 is 4.74 Å². The molecule has 0 aromatic rings. The third kappa shape index (κ3) is 10.7. The third-order valence-corrected chi connectivity index (χ3v) is 7.64. The van der Waals surface area contributed by atoms with Crippen molar-refractivity contribution in [3.8, 4) is 0 Å². The van der Waals surface area contributed by atoms with Crippen LogP contribution in [0, 0.1) is 5.92 Å². The van der Waals surface area contributed by atoms with Gasteiger partial charge in [0.05, 0.1) is 11.6 Å². The maximum Gasteiger partial charge on any atom is 0.308 e. The van der Waals surface area contributed by atoms with E-state index in [-0.39, 0.29) is 11.0 Å². The van der Waals surface area contributed by atoms with Crippen molar-refractivity contribution in [3.63, 3.8) is 0 Å². The van der Waals surface area contributed by atoms with E-state index in [2.05, 4.69) is 27.7 Å². The first-order valence-electron chi connectivity index (χ1n) is 11.7. The van der Waals surface area contributed by atoms with Crippen LogP contribution in [0.25, 0.3) is 0 Å². The minimum absolute atomic E-state index is 0.133. The summed E-state index contributed by atoms with van der Waals surface area (Å²) >= 11 is 0. The summed E-state index contributed by atoms with van der Waals surface area (Å²) in [6, 6.07) is 0. The monoisotopic (exact) mass is 384 g/mol. The van der Waals surface area contributed by atoms with E-state index < -0.39 is 0 Å². The molecular formula is C23H48O2Si. The molecule has 0 N–H and O–H groups in total. The quantitative estimate of drug-likeness (QED) is 0.151. The number of rotatable bonds is 18. The predicted octanol–water partition coefficient (Wildman–Crippen LogP) is 6.60. The van der Waals surface area contributed by atoms with Crippen molar-refractivity contribution in [2.45, 2.75) is 129 Å². The van der Waals surface area contributed by atoms with Gasteiger partial charge in [-0.15, -0.1) is 0 Å². The number of hydrogen-bond donors (Lipinski definition) is 0. The molecule has 0 rings (SSSR count). The summed E-state index contributed by atoms with van der Waals surface area (Å²) in [5.41, 5.74) is 0. The van der Waals surface area contributed by atoms with Gasteiger partial charge in [-0.2, -0.15) is 0 Å². The Balaban J connectivity index is 4.59. The molecule has 156 valence electrons. The van der Waals surface area contributed by atoms with Crippen LogP contribution in [0.15, 0.2) is 0 Å². The van der Waals surface area contributed by atoms with Crippen LogP contribution in [0.4, 0.5) is 0 Å². The Kier molecular flexibility index (Phi) is 16.6. The van der Waals surface area contributed by atoms with Crippen molar-refractivity contribution in [3.05, 3.63) is 0 Å². The van der Waals surface area contributed by atoms with E-state index in [1.54, 1.807) is 0 Å². The van der Waals surface area contributed by atoms with Crippen molar-refractivity contribution in [2.75, 3.05) is 6.61 Å². The second-order valence-electron chi connectivity index (χ2n) is 8.41. The van der Waals surface area contributed by atoms with Gasteiger partial charge in [0, 0.05) is 10.2 Å². The van der Waals surface area contributed by atoms with Crippen molar-refractivity contribution >= 4 is 16.2 Å². The Bertz CT molecular complexity index is 332. The van der Waals surface area contributed by atoms with Gasteiger partial charge in [0.2, 0.25) is 0 Å². The zero-order chi connectivity index (χ0) is 19.7. The first-order chi connectivity index (χ1) is 12.6. The van der Waals surface area contributed by atoms with E-state index in [1.807, 2.05) is 0 Å². The highest BCUT2D eigenvalue weighted by Crippen LogP contribution is 2.44. The fourth-order valence-electron chi connectivity index (χ4n) is 4.15. The van der Waals surface area contributed by atoms with E-state index in [0.717, 1.165) is 29.5 Å². The van der Waals surface area contributed by atoms with Crippen LogP contribution in [-0.2, 0) is 9.53 Å². The molecule has 0 fully saturated rings. The zero-order valence-corrected chi connectivity index (χ0v) is 20.7.